The molecule has 1 aromatic rings. The predicted octanol–water partition coefficient (Wildman–Crippen LogP) is 3.04. The van der Waals surface area contributed by atoms with Gasteiger partial charge >= 0.3 is 0 Å². The lowest BCUT2D eigenvalue weighted by atomic mass is 9.94. The molecular formula is C16H24N2OS. The number of thioether (sulfide) groups is 1. The number of benzene rings is 1. The number of aliphatic hydroxyl groups is 1. The molecule has 110 valence electrons. The van der Waals surface area contributed by atoms with Crippen molar-refractivity contribution in [2.24, 2.45) is 11.5 Å². The van der Waals surface area contributed by atoms with Crippen LogP contribution in [0.5, 0.6) is 0 Å². The molecule has 0 aliphatic carbocycles. The highest BCUT2D eigenvalue weighted by atomic mass is 32.2. The number of aryl methyl sites for hydroxylation is 2. The number of nitrogens with two attached hydrogens (primary N) is 2. The van der Waals surface area contributed by atoms with Crippen molar-refractivity contribution in [3.63, 3.8) is 0 Å². The van der Waals surface area contributed by atoms with Crippen LogP contribution in [0.3, 0.4) is 0 Å². The van der Waals surface area contributed by atoms with Gasteiger partial charge in [-0.15, -0.1) is 0 Å². The molecule has 1 rings (SSSR count). The van der Waals surface area contributed by atoms with Crippen LogP contribution in [-0.2, 0) is 6.42 Å². The minimum absolute atomic E-state index is 0.466. The van der Waals surface area contributed by atoms with E-state index >= 15 is 0 Å². The van der Waals surface area contributed by atoms with Crippen molar-refractivity contribution in [1.29, 1.82) is 0 Å². The summed E-state index contributed by atoms with van der Waals surface area (Å²) in [7, 11) is 0. The van der Waals surface area contributed by atoms with Crippen LogP contribution in [0, 0.1) is 13.8 Å². The van der Waals surface area contributed by atoms with E-state index in [9.17, 15) is 0 Å². The van der Waals surface area contributed by atoms with Crippen LogP contribution in [0.2, 0.25) is 0 Å². The molecule has 0 saturated carbocycles. The molecular weight excluding hydrogens is 268 g/mol. The van der Waals surface area contributed by atoms with Crippen molar-refractivity contribution < 1.29 is 5.11 Å². The van der Waals surface area contributed by atoms with E-state index in [1.165, 1.54) is 40.1 Å². The second-order valence-electron chi connectivity index (χ2n) is 4.89. The SMILES string of the molecule is C=C(S/C(N)=C/C(N)O)c1c(C)ccc(C)c1CCC. The lowest BCUT2D eigenvalue weighted by molar-refractivity contribution is 0.231. The van der Waals surface area contributed by atoms with Crippen molar-refractivity contribution in [3.8, 4) is 0 Å². The molecule has 0 radical (unpaired) electrons. The van der Waals surface area contributed by atoms with Gasteiger partial charge in [0.1, 0.15) is 6.23 Å². The van der Waals surface area contributed by atoms with Crippen LogP contribution in [0.4, 0.5) is 0 Å². The maximum atomic E-state index is 9.12. The van der Waals surface area contributed by atoms with Crippen molar-refractivity contribution in [2.75, 3.05) is 0 Å². The monoisotopic (exact) mass is 292 g/mol. The van der Waals surface area contributed by atoms with Gasteiger partial charge in [-0.05, 0) is 48.6 Å². The molecule has 20 heavy (non-hydrogen) atoms. The van der Waals surface area contributed by atoms with Crippen LogP contribution in [0.1, 0.15) is 35.6 Å². The first-order valence-electron chi connectivity index (χ1n) is 6.74. The second-order valence-corrected chi connectivity index (χ2v) is 6.06. The quantitative estimate of drug-likeness (QED) is 0.705. The molecule has 0 aliphatic rings. The third-order valence-corrected chi connectivity index (χ3v) is 3.93. The van der Waals surface area contributed by atoms with Gasteiger partial charge < -0.3 is 16.6 Å². The van der Waals surface area contributed by atoms with Crippen LogP contribution >= 0.6 is 11.8 Å². The van der Waals surface area contributed by atoms with Gasteiger partial charge in [0.2, 0.25) is 0 Å². The first kappa shape index (κ1) is 16.8. The minimum Gasteiger partial charge on any atom is -0.393 e. The Balaban J connectivity index is 3.12. The zero-order valence-corrected chi connectivity index (χ0v) is 13.3. The molecule has 0 aliphatic heterocycles. The fourth-order valence-corrected chi connectivity index (χ4v) is 3.10. The van der Waals surface area contributed by atoms with Crippen molar-refractivity contribution >= 4 is 16.7 Å². The standard InChI is InChI=1S/C16H24N2OS/c1-5-6-13-10(2)7-8-11(3)16(13)12(4)20-15(18)9-14(17)19/h7-9,14,19H,4-6,17-18H2,1-3H3/b15-9+. The number of rotatable bonds is 6. The maximum absolute atomic E-state index is 9.12. The van der Waals surface area contributed by atoms with Gasteiger partial charge in [-0.25, -0.2) is 0 Å². The summed E-state index contributed by atoms with van der Waals surface area (Å²) in [6, 6.07) is 4.25. The summed E-state index contributed by atoms with van der Waals surface area (Å²) in [5.41, 5.74) is 16.1. The van der Waals surface area contributed by atoms with Crippen LogP contribution < -0.4 is 11.5 Å². The Labute approximate surface area is 125 Å². The van der Waals surface area contributed by atoms with E-state index in [2.05, 4.69) is 39.5 Å². The second kappa shape index (κ2) is 7.53. The summed E-state index contributed by atoms with van der Waals surface area (Å²) in [4.78, 5) is 0.893. The zero-order chi connectivity index (χ0) is 15.3. The Hall–Kier alpha value is -1.23. The number of hydrogen-bond acceptors (Lipinski definition) is 4. The molecule has 0 saturated heterocycles. The molecule has 5 N–H and O–H groups in total. The van der Waals surface area contributed by atoms with E-state index in [1.54, 1.807) is 0 Å². The number of hydrogen-bond donors (Lipinski definition) is 3. The predicted molar refractivity (Wildman–Crippen MR) is 89.0 cm³/mol. The Kier molecular flexibility index (Phi) is 6.33. The average Bonchev–Trinajstić information content (AvgIpc) is 2.32. The molecule has 1 atom stereocenters. The summed E-state index contributed by atoms with van der Waals surface area (Å²) in [5.74, 6) is 0. The largest absolute Gasteiger partial charge is 0.393 e. The van der Waals surface area contributed by atoms with E-state index in [0.29, 0.717) is 5.03 Å². The molecule has 1 aromatic carbocycles. The molecule has 0 fully saturated rings. The first-order chi connectivity index (χ1) is 9.36. The molecule has 0 heterocycles. The van der Waals surface area contributed by atoms with Crippen LogP contribution in [0.25, 0.3) is 4.91 Å². The van der Waals surface area contributed by atoms with Crippen LogP contribution in [0.15, 0.2) is 29.8 Å². The minimum atomic E-state index is -1.04. The summed E-state index contributed by atoms with van der Waals surface area (Å²) in [6.07, 6.45) is 2.48. The van der Waals surface area contributed by atoms with E-state index in [4.69, 9.17) is 16.6 Å². The third kappa shape index (κ3) is 4.40. The first-order valence-corrected chi connectivity index (χ1v) is 7.55. The molecule has 0 spiro atoms. The Morgan fingerprint density at radius 1 is 1.40 bits per heavy atom. The van der Waals surface area contributed by atoms with Gasteiger partial charge in [-0.2, -0.15) is 0 Å². The van der Waals surface area contributed by atoms with Gasteiger partial charge in [0, 0.05) is 4.91 Å². The highest BCUT2D eigenvalue weighted by Gasteiger charge is 2.13. The van der Waals surface area contributed by atoms with E-state index < -0.39 is 6.23 Å². The summed E-state index contributed by atoms with van der Waals surface area (Å²) in [5, 5.41) is 9.59. The molecule has 0 amide bonds. The van der Waals surface area contributed by atoms with Gasteiger partial charge in [0.25, 0.3) is 0 Å². The molecule has 1 unspecified atom stereocenters. The van der Waals surface area contributed by atoms with Crippen LogP contribution in [-0.4, -0.2) is 11.3 Å². The smallest absolute Gasteiger partial charge is 0.124 e. The third-order valence-electron chi connectivity index (χ3n) is 3.11. The summed E-state index contributed by atoms with van der Waals surface area (Å²) >= 11 is 1.35. The molecule has 3 nitrogen and oxygen atoms in total. The lowest BCUT2D eigenvalue weighted by Crippen LogP contribution is -2.16. The number of aliphatic hydroxyl groups excluding tert-OH is 1. The molecule has 4 heteroatoms. The summed E-state index contributed by atoms with van der Waals surface area (Å²) in [6.45, 7) is 10.5. The molecule has 0 bridgehead atoms. The fourth-order valence-electron chi connectivity index (χ4n) is 2.23. The van der Waals surface area contributed by atoms with Gasteiger partial charge in [-0.3, -0.25) is 0 Å². The summed E-state index contributed by atoms with van der Waals surface area (Å²) < 4.78 is 0. The van der Waals surface area contributed by atoms with Crippen molar-refractivity contribution in [3.05, 3.63) is 52.1 Å². The topological polar surface area (TPSA) is 72.3 Å². The Morgan fingerprint density at radius 2 is 2.00 bits per heavy atom. The Morgan fingerprint density at radius 3 is 2.55 bits per heavy atom. The highest BCUT2D eigenvalue weighted by molar-refractivity contribution is 8.11. The van der Waals surface area contributed by atoms with Gasteiger partial charge in [0.05, 0.1) is 5.03 Å². The average molecular weight is 292 g/mol. The normalized spacial score (nSPS) is 13.3. The van der Waals surface area contributed by atoms with Crippen molar-refractivity contribution in [1.82, 2.24) is 0 Å². The Bertz CT molecular complexity index is 521. The van der Waals surface area contributed by atoms with E-state index in [0.717, 1.165) is 17.7 Å². The lowest BCUT2D eigenvalue weighted by Gasteiger charge is -2.17. The van der Waals surface area contributed by atoms with E-state index in [-0.39, 0.29) is 0 Å². The van der Waals surface area contributed by atoms with Gasteiger partial charge in [0.15, 0.2) is 0 Å². The van der Waals surface area contributed by atoms with E-state index in [1.807, 2.05) is 0 Å². The van der Waals surface area contributed by atoms with Gasteiger partial charge in [-0.1, -0.05) is 43.8 Å². The van der Waals surface area contributed by atoms with Crippen molar-refractivity contribution in [2.45, 2.75) is 39.8 Å². The fraction of sp³-hybridized carbons (Fsp3) is 0.375. The molecule has 0 aromatic heterocycles. The highest BCUT2D eigenvalue weighted by Crippen LogP contribution is 2.35. The zero-order valence-electron chi connectivity index (χ0n) is 12.4. The maximum Gasteiger partial charge on any atom is 0.124 e.